The second kappa shape index (κ2) is 11.7. The summed E-state index contributed by atoms with van der Waals surface area (Å²) < 4.78 is 0. The van der Waals surface area contributed by atoms with Gasteiger partial charge in [0.15, 0.2) is 6.04 Å². The molecule has 0 radical (unpaired) electrons. The van der Waals surface area contributed by atoms with E-state index >= 15 is 0 Å². The lowest BCUT2D eigenvalue weighted by molar-refractivity contribution is -0.145. The van der Waals surface area contributed by atoms with Crippen molar-refractivity contribution in [3.8, 4) is 0 Å². The fraction of sp³-hybridized carbons (Fsp3) is 0.444. The molecule has 0 aliphatic carbocycles. The van der Waals surface area contributed by atoms with Crippen molar-refractivity contribution in [3.63, 3.8) is 0 Å². The van der Waals surface area contributed by atoms with Gasteiger partial charge in [0.1, 0.15) is 12.1 Å². The first-order valence-electron chi connectivity index (χ1n) is 8.84. The van der Waals surface area contributed by atoms with Gasteiger partial charge in [-0.1, -0.05) is 30.3 Å². The quantitative estimate of drug-likeness (QED) is 0.202. The van der Waals surface area contributed by atoms with Gasteiger partial charge in [0.25, 0.3) is 0 Å². The van der Waals surface area contributed by atoms with Gasteiger partial charge in [-0.15, -0.1) is 0 Å². The van der Waals surface area contributed by atoms with Crippen LogP contribution in [0.3, 0.4) is 0 Å². The molecule has 0 aliphatic rings. The molecule has 0 heterocycles. The second-order valence-electron chi connectivity index (χ2n) is 6.38. The number of hydrogen-bond donors (Lipinski definition) is 7. The van der Waals surface area contributed by atoms with Crippen LogP contribution in [-0.4, -0.2) is 76.4 Å². The summed E-state index contributed by atoms with van der Waals surface area (Å²) in [6.45, 7) is 0.121. The van der Waals surface area contributed by atoms with E-state index in [1.54, 1.807) is 30.3 Å². The molecule has 0 saturated carbocycles. The first kappa shape index (κ1) is 24.0. The fourth-order valence-corrected chi connectivity index (χ4v) is 2.33. The fourth-order valence-electron chi connectivity index (χ4n) is 2.33. The van der Waals surface area contributed by atoms with Crippen molar-refractivity contribution in [2.75, 3.05) is 13.2 Å². The van der Waals surface area contributed by atoms with Gasteiger partial charge in [-0.3, -0.25) is 14.4 Å². The highest BCUT2D eigenvalue weighted by molar-refractivity contribution is 5.92. The first-order valence-corrected chi connectivity index (χ1v) is 8.84. The van der Waals surface area contributed by atoms with Gasteiger partial charge in [0.2, 0.25) is 17.7 Å². The van der Waals surface area contributed by atoms with Gasteiger partial charge in [-0.2, -0.15) is 0 Å². The summed E-state index contributed by atoms with van der Waals surface area (Å²) in [6, 6.07) is 4.78. The third kappa shape index (κ3) is 8.25. The van der Waals surface area contributed by atoms with Crippen LogP contribution in [0.5, 0.6) is 0 Å². The average molecular weight is 410 g/mol. The van der Waals surface area contributed by atoms with Gasteiger partial charge in [0, 0.05) is 6.42 Å². The largest absolute Gasteiger partial charge is 0.480 e. The Bertz CT molecular complexity index is 711. The van der Waals surface area contributed by atoms with Crippen LogP contribution in [0.25, 0.3) is 0 Å². The van der Waals surface area contributed by atoms with Crippen LogP contribution in [0.4, 0.5) is 0 Å². The Kier molecular flexibility index (Phi) is 9.72. The Balaban J connectivity index is 2.85. The summed E-state index contributed by atoms with van der Waals surface area (Å²) in [5, 5.41) is 34.3. The first-order chi connectivity index (χ1) is 13.6. The lowest BCUT2D eigenvalue weighted by Crippen LogP contribution is -2.56. The van der Waals surface area contributed by atoms with E-state index < -0.39 is 61.1 Å². The highest BCUT2D eigenvalue weighted by atomic mass is 16.4. The van der Waals surface area contributed by atoms with Crippen LogP contribution in [-0.2, 0) is 25.6 Å². The molecule has 1 aromatic rings. The Labute approximate surface area is 167 Å². The lowest BCUT2D eigenvalue weighted by atomic mass is 10.0. The van der Waals surface area contributed by atoms with Crippen molar-refractivity contribution in [1.82, 2.24) is 16.0 Å². The van der Waals surface area contributed by atoms with Crippen molar-refractivity contribution in [3.05, 3.63) is 35.9 Å². The van der Waals surface area contributed by atoms with Crippen LogP contribution in [0, 0.1) is 0 Å². The van der Waals surface area contributed by atoms with Crippen LogP contribution < -0.4 is 21.7 Å². The summed E-state index contributed by atoms with van der Waals surface area (Å²) >= 11 is 0. The molecule has 0 fully saturated rings. The monoisotopic (exact) mass is 410 g/mol. The number of aliphatic carboxylic acids is 1. The normalized spacial score (nSPS) is 14.8. The SMILES string of the molecule is CC(O)C(NC(=O)C(Cc1ccccc1)NC(=O)CNC(=O)C(N)CO)C(=O)O. The zero-order chi connectivity index (χ0) is 22.0. The van der Waals surface area contributed by atoms with E-state index in [1.165, 1.54) is 6.92 Å². The van der Waals surface area contributed by atoms with Crippen LogP contribution in [0.2, 0.25) is 0 Å². The van der Waals surface area contributed by atoms with Crippen LogP contribution in [0.1, 0.15) is 12.5 Å². The maximum absolute atomic E-state index is 12.6. The predicted octanol–water partition coefficient (Wildman–Crippen LogP) is -2.90. The lowest BCUT2D eigenvalue weighted by Gasteiger charge is -2.23. The van der Waals surface area contributed by atoms with E-state index in [9.17, 15) is 24.3 Å². The third-order valence-corrected chi connectivity index (χ3v) is 3.94. The van der Waals surface area contributed by atoms with Crippen LogP contribution in [0.15, 0.2) is 30.3 Å². The van der Waals surface area contributed by atoms with E-state index in [4.69, 9.17) is 15.9 Å². The number of carboxylic acids is 1. The van der Waals surface area contributed by atoms with Gasteiger partial charge in [-0.25, -0.2) is 4.79 Å². The number of carbonyl (C=O) groups is 4. The summed E-state index contributed by atoms with van der Waals surface area (Å²) in [5.41, 5.74) is 6.03. The molecule has 29 heavy (non-hydrogen) atoms. The Morgan fingerprint density at radius 2 is 1.69 bits per heavy atom. The number of nitrogens with two attached hydrogens (primary N) is 1. The molecular formula is C18H26N4O7. The average Bonchev–Trinajstić information content (AvgIpc) is 2.69. The Morgan fingerprint density at radius 3 is 2.21 bits per heavy atom. The van der Waals surface area contributed by atoms with E-state index in [2.05, 4.69) is 16.0 Å². The van der Waals surface area contributed by atoms with Gasteiger partial charge in [0.05, 0.1) is 19.3 Å². The zero-order valence-electron chi connectivity index (χ0n) is 15.9. The minimum Gasteiger partial charge on any atom is -0.480 e. The molecule has 0 saturated heterocycles. The summed E-state index contributed by atoms with van der Waals surface area (Å²) in [6.07, 6.45) is -1.31. The second-order valence-corrected chi connectivity index (χ2v) is 6.38. The zero-order valence-corrected chi connectivity index (χ0v) is 15.9. The molecule has 0 aromatic heterocycles. The van der Waals surface area contributed by atoms with Crippen molar-refractivity contribution in [1.29, 1.82) is 0 Å². The number of benzene rings is 1. The molecule has 1 rings (SSSR count). The number of nitrogens with one attached hydrogen (secondary N) is 3. The topological polar surface area (TPSA) is 191 Å². The molecular weight excluding hydrogens is 384 g/mol. The number of hydrogen-bond acceptors (Lipinski definition) is 7. The summed E-state index contributed by atoms with van der Waals surface area (Å²) in [7, 11) is 0. The molecule has 11 nitrogen and oxygen atoms in total. The van der Waals surface area contributed by atoms with E-state index in [0.29, 0.717) is 5.56 Å². The molecule has 4 atom stereocenters. The molecule has 1 aromatic carbocycles. The molecule has 0 bridgehead atoms. The van der Waals surface area contributed by atoms with E-state index in [0.717, 1.165) is 0 Å². The number of amides is 3. The maximum Gasteiger partial charge on any atom is 0.328 e. The number of carbonyl (C=O) groups excluding carboxylic acids is 3. The van der Waals surface area contributed by atoms with Crippen molar-refractivity contribution in [2.24, 2.45) is 5.73 Å². The van der Waals surface area contributed by atoms with Gasteiger partial charge in [-0.05, 0) is 12.5 Å². The highest BCUT2D eigenvalue weighted by Gasteiger charge is 2.29. The maximum atomic E-state index is 12.6. The molecule has 160 valence electrons. The van der Waals surface area contributed by atoms with Gasteiger partial charge < -0.3 is 37.0 Å². The van der Waals surface area contributed by atoms with Crippen molar-refractivity contribution < 1.29 is 34.5 Å². The van der Waals surface area contributed by atoms with Crippen molar-refractivity contribution >= 4 is 23.7 Å². The van der Waals surface area contributed by atoms with E-state index in [-0.39, 0.29) is 6.42 Å². The number of aliphatic hydroxyl groups is 2. The van der Waals surface area contributed by atoms with Crippen molar-refractivity contribution in [2.45, 2.75) is 37.6 Å². The molecule has 0 spiro atoms. The predicted molar refractivity (Wildman–Crippen MR) is 101 cm³/mol. The molecule has 0 aliphatic heterocycles. The third-order valence-electron chi connectivity index (χ3n) is 3.94. The van der Waals surface area contributed by atoms with Crippen LogP contribution >= 0.6 is 0 Å². The number of aliphatic hydroxyl groups excluding tert-OH is 2. The molecule has 3 amide bonds. The smallest absolute Gasteiger partial charge is 0.328 e. The van der Waals surface area contributed by atoms with E-state index in [1.807, 2.05) is 0 Å². The Morgan fingerprint density at radius 1 is 1.07 bits per heavy atom. The molecule has 11 heteroatoms. The minimum absolute atomic E-state index is 0.0503. The number of carboxylic acid groups (broad SMARTS) is 1. The summed E-state index contributed by atoms with van der Waals surface area (Å²) in [4.78, 5) is 47.4. The number of rotatable bonds is 11. The molecule has 8 N–H and O–H groups in total. The molecule has 4 unspecified atom stereocenters. The summed E-state index contributed by atoms with van der Waals surface area (Å²) in [5.74, 6) is -3.70. The standard InChI is InChI=1S/C18H26N4O7/c1-10(24)15(18(28)29)22-17(27)13(7-11-5-3-2-4-6-11)21-14(25)8-20-16(26)12(19)9-23/h2-6,10,12-13,15,23-24H,7-9,19H2,1H3,(H,20,26)(H,21,25)(H,22,27)(H,28,29). The Hall–Kier alpha value is -3.02. The van der Waals surface area contributed by atoms with Gasteiger partial charge >= 0.3 is 5.97 Å². The minimum atomic E-state index is -1.56. The highest BCUT2D eigenvalue weighted by Crippen LogP contribution is 2.05.